The average Bonchev–Trinajstić information content (AvgIpc) is 3.08. The first-order valence-corrected chi connectivity index (χ1v) is 8.38. The summed E-state index contributed by atoms with van der Waals surface area (Å²) >= 11 is 0. The molecular formula is C24H14. The maximum Gasteiger partial charge on any atom is -0.00257 e. The molecule has 0 aromatic heterocycles. The third kappa shape index (κ3) is 1.43. The van der Waals surface area contributed by atoms with Crippen LogP contribution in [0.1, 0.15) is 11.1 Å². The van der Waals surface area contributed by atoms with Crippen molar-refractivity contribution in [2.24, 2.45) is 0 Å². The first-order chi connectivity index (χ1) is 11.9. The molecule has 6 rings (SSSR count). The molecule has 0 saturated heterocycles. The van der Waals surface area contributed by atoms with Crippen LogP contribution in [0.25, 0.3) is 55.2 Å². The normalized spacial score (nSPS) is 12.8. The molecule has 0 saturated carbocycles. The molecule has 0 spiro atoms. The molecule has 0 unspecified atom stereocenters. The fourth-order valence-electron chi connectivity index (χ4n) is 4.32. The molecular weight excluding hydrogens is 288 g/mol. The smallest absolute Gasteiger partial charge is 0.00257 e. The van der Waals surface area contributed by atoms with Gasteiger partial charge in [-0.25, -0.2) is 0 Å². The first-order valence-electron chi connectivity index (χ1n) is 8.38. The summed E-state index contributed by atoms with van der Waals surface area (Å²) in [6.07, 6.45) is 4.60. The van der Waals surface area contributed by atoms with Crippen molar-refractivity contribution in [3.05, 3.63) is 83.9 Å². The lowest BCUT2D eigenvalue weighted by Gasteiger charge is -2.12. The van der Waals surface area contributed by atoms with E-state index in [1.54, 1.807) is 0 Å². The van der Waals surface area contributed by atoms with Crippen molar-refractivity contribution in [1.82, 2.24) is 0 Å². The minimum absolute atomic E-state index is 1.31. The van der Waals surface area contributed by atoms with Crippen LogP contribution in [0.3, 0.4) is 0 Å². The van der Waals surface area contributed by atoms with E-state index in [4.69, 9.17) is 0 Å². The monoisotopic (exact) mass is 302 g/mol. The van der Waals surface area contributed by atoms with Crippen molar-refractivity contribution in [2.45, 2.75) is 0 Å². The van der Waals surface area contributed by atoms with Gasteiger partial charge in [0.2, 0.25) is 0 Å². The molecule has 1 aliphatic carbocycles. The number of rotatable bonds is 0. The Morgan fingerprint density at radius 1 is 0.417 bits per heavy atom. The highest BCUT2D eigenvalue weighted by Gasteiger charge is 2.17. The van der Waals surface area contributed by atoms with Gasteiger partial charge in [0, 0.05) is 0 Å². The van der Waals surface area contributed by atoms with Crippen LogP contribution < -0.4 is 0 Å². The average molecular weight is 302 g/mol. The van der Waals surface area contributed by atoms with E-state index >= 15 is 0 Å². The highest BCUT2D eigenvalue weighted by molar-refractivity contribution is 6.25. The molecule has 0 aliphatic heterocycles. The van der Waals surface area contributed by atoms with E-state index in [-0.39, 0.29) is 0 Å². The molecule has 5 aromatic carbocycles. The van der Waals surface area contributed by atoms with Gasteiger partial charge in [-0.2, -0.15) is 0 Å². The SMILES string of the molecule is C1=Cc2c3c1c1ccccc1cc3cc1ccc3ccccc3c21. The van der Waals surface area contributed by atoms with Crippen molar-refractivity contribution < 1.29 is 0 Å². The van der Waals surface area contributed by atoms with E-state index in [9.17, 15) is 0 Å². The molecule has 0 amide bonds. The molecule has 0 fully saturated rings. The number of hydrogen-bond donors (Lipinski definition) is 0. The van der Waals surface area contributed by atoms with Crippen molar-refractivity contribution in [3.63, 3.8) is 0 Å². The van der Waals surface area contributed by atoms with E-state index in [0.29, 0.717) is 0 Å². The van der Waals surface area contributed by atoms with Crippen LogP contribution in [0.5, 0.6) is 0 Å². The van der Waals surface area contributed by atoms with Crippen LogP contribution in [0.2, 0.25) is 0 Å². The van der Waals surface area contributed by atoms with Gasteiger partial charge in [-0.15, -0.1) is 0 Å². The van der Waals surface area contributed by atoms with Crippen LogP contribution >= 0.6 is 0 Å². The van der Waals surface area contributed by atoms with Gasteiger partial charge < -0.3 is 0 Å². The third-order valence-electron chi connectivity index (χ3n) is 5.35. The van der Waals surface area contributed by atoms with Crippen LogP contribution in [0.15, 0.2) is 72.8 Å². The third-order valence-corrected chi connectivity index (χ3v) is 5.35. The Kier molecular flexibility index (Phi) is 2.18. The van der Waals surface area contributed by atoms with Crippen LogP contribution in [0, 0.1) is 0 Å². The van der Waals surface area contributed by atoms with Crippen molar-refractivity contribution in [2.75, 3.05) is 0 Å². The molecule has 0 heterocycles. The van der Waals surface area contributed by atoms with E-state index in [2.05, 4.69) is 84.9 Å². The molecule has 5 aromatic rings. The lowest BCUT2D eigenvalue weighted by Crippen LogP contribution is -1.86. The number of fused-ring (bicyclic) bond motifs is 6. The van der Waals surface area contributed by atoms with Gasteiger partial charge >= 0.3 is 0 Å². The zero-order chi connectivity index (χ0) is 15.7. The summed E-state index contributed by atoms with van der Waals surface area (Å²) in [5.74, 6) is 0. The highest BCUT2D eigenvalue weighted by Crippen LogP contribution is 2.42. The maximum absolute atomic E-state index is 2.35. The standard InChI is InChI=1S/C24H14/c1-4-8-20-15(5-1)9-10-17-14-18-13-16-6-2-3-7-19(16)21-11-12-22(23(17)20)24(18)21/h1-14H. The lowest BCUT2D eigenvalue weighted by molar-refractivity contribution is 1.76. The molecule has 0 radical (unpaired) electrons. The summed E-state index contributed by atoms with van der Waals surface area (Å²) in [7, 11) is 0. The van der Waals surface area contributed by atoms with Gasteiger partial charge in [-0.05, 0) is 66.3 Å². The molecule has 110 valence electrons. The van der Waals surface area contributed by atoms with Gasteiger partial charge in [0.1, 0.15) is 0 Å². The largest absolute Gasteiger partial charge is 0.0616 e. The molecule has 0 nitrogen and oxygen atoms in total. The fourth-order valence-corrected chi connectivity index (χ4v) is 4.32. The van der Waals surface area contributed by atoms with Crippen LogP contribution in [-0.4, -0.2) is 0 Å². The lowest BCUT2D eigenvalue weighted by atomic mass is 9.91. The minimum atomic E-state index is 1.31. The van der Waals surface area contributed by atoms with Crippen molar-refractivity contribution in [3.8, 4) is 0 Å². The predicted octanol–water partition coefficient (Wildman–Crippen LogP) is 6.78. The van der Waals surface area contributed by atoms with Crippen LogP contribution in [0.4, 0.5) is 0 Å². The molecule has 24 heavy (non-hydrogen) atoms. The summed E-state index contributed by atoms with van der Waals surface area (Å²) in [6.45, 7) is 0. The highest BCUT2D eigenvalue weighted by atomic mass is 14.2. The summed E-state index contributed by atoms with van der Waals surface area (Å²) in [6, 6.07) is 26.6. The Balaban J connectivity index is 1.94. The van der Waals surface area contributed by atoms with Gasteiger partial charge in [0.25, 0.3) is 0 Å². The van der Waals surface area contributed by atoms with E-state index in [0.717, 1.165) is 0 Å². The summed E-state index contributed by atoms with van der Waals surface area (Å²) in [5, 5.41) is 10.8. The molecule has 1 aliphatic rings. The summed E-state index contributed by atoms with van der Waals surface area (Å²) in [4.78, 5) is 0. The van der Waals surface area contributed by atoms with E-state index in [1.807, 2.05) is 0 Å². The molecule has 0 N–H and O–H groups in total. The molecule has 0 atom stereocenters. The van der Waals surface area contributed by atoms with E-state index < -0.39 is 0 Å². The second-order valence-corrected chi connectivity index (χ2v) is 6.62. The van der Waals surface area contributed by atoms with Gasteiger partial charge in [0.15, 0.2) is 0 Å². The first kappa shape index (κ1) is 12.3. The Labute approximate surface area is 139 Å². The molecule has 0 heteroatoms. The Hall–Kier alpha value is -3.12. The maximum atomic E-state index is 2.35. The van der Waals surface area contributed by atoms with E-state index in [1.165, 1.54) is 54.2 Å². The van der Waals surface area contributed by atoms with Gasteiger partial charge in [-0.1, -0.05) is 72.8 Å². The zero-order valence-electron chi connectivity index (χ0n) is 13.1. The fraction of sp³-hybridized carbons (Fsp3) is 0. The Bertz CT molecular complexity index is 1340. The second-order valence-electron chi connectivity index (χ2n) is 6.62. The number of hydrogen-bond acceptors (Lipinski definition) is 0. The summed E-state index contributed by atoms with van der Waals surface area (Å²) in [5.41, 5.74) is 2.74. The van der Waals surface area contributed by atoms with Gasteiger partial charge in [0.05, 0.1) is 0 Å². The minimum Gasteiger partial charge on any atom is -0.0616 e. The molecule has 0 bridgehead atoms. The summed E-state index contributed by atoms with van der Waals surface area (Å²) < 4.78 is 0. The quantitative estimate of drug-likeness (QED) is 0.214. The predicted molar refractivity (Wildman–Crippen MR) is 105 cm³/mol. The van der Waals surface area contributed by atoms with Crippen molar-refractivity contribution in [1.29, 1.82) is 0 Å². The topological polar surface area (TPSA) is 0 Å². The number of benzene rings is 5. The second kappa shape index (κ2) is 4.24. The van der Waals surface area contributed by atoms with Crippen molar-refractivity contribution >= 4 is 55.2 Å². The van der Waals surface area contributed by atoms with Crippen LogP contribution in [-0.2, 0) is 0 Å². The Morgan fingerprint density at radius 2 is 1.08 bits per heavy atom. The van der Waals surface area contributed by atoms with Gasteiger partial charge in [-0.3, -0.25) is 0 Å². The Morgan fingerprint density at radius 3 is 2.00 bits per heavy atom. The zero-order valence-corrected chi connectivity index (χ0v) is 13.1.